The van der Waals surface area contributed by atoms with Crippen molar-refractivity contribution >= 4 is 17.2 Å². The fraction of sp³-hybridized carbons (Fsp3) is 0.357. The van der Waals surface area contributed by atoms with Gasteiger partial charge in [0.15, 0.2) is 0 Å². The van der Waals surface area contributed by atoms with Gasteiger partial charge in [-0.3, -0.25) is 9.59 Å². The number of aryl methyl sites for hydroxylation is 2. The minimum atomic E-state index is -0.00549. The zero-order valence-corrected chi connectivity index (χ0v) is 12.2. The van der Waals surface area contributed by atoms with Crippen molar-refractivity contribution < 1.29 is 4.79 Å². The van der Waals surface area contributed by atoms with Gasteiger partial charge in [0.2, 0.25) is 0 Å². The first-order valence-electron chi connectivity index (χ1n) is 6.45. The van der Waals surface area contributed by atoms with Crippen LogP contribution in [0.1, 0.15) is 25.8 Å². The van der Waals surface area contributed by atoms with E-state index >= 15 is 0 Å². The van der Waals surface area contributed by atoms with Crippen molar-refractivity contribution in [3.05, 3.63) is 49.8 Å². The number of amides is 1. The third-order valence-electron chi connectivity index (χ3n) is 3.52. The zero-order chi connectivity index (χ0) is 14.3. The number of hydrogen-bond donors (Lipinski definition) is 0. The first-order valence-corrected chi connectivity index (χ1v) is 7.27. The lowest BCUT2D eigenvalue weighted by molar-refractivity contribution is 0.0736. The molecule has 0 bridgehead atoms. The highest BCUT2D eigenvalue weighted by atomic mass is 32.1. The monoisotopic (exact) mass is 289 g/mol. The van der Waals surface area contributed by atoms with E-state index in [4.69, 9.17) is 0 Å². The maximum atomic E-state index is 12.4. The number of hydrogen-bond acceptors (Lipinski definition) is 4. The van der Waals surface area contributed by atoms with Gasteiger partial charge in [-0.05, 0) is 25.5 Å². The van der Waals surface area contributed by atoms with E-state index in [2.05, 4.69) is 4.98 Å². The second-order valence-electron chi connectivity index (χ2n) is 4.97. The van der Waals surface area contributed by atoms with Gasteiger partial charge in [-0.25, -0.2) is 4.98 Å². The standard InChI is InChI=1S/C14H15N3O2S/c1-9-3-4-12(20-9)14(19)17-6-5-10-11(7-17)15-8-16(2)13(10)18/h3-4,8H,5-7H2,1-2H3. The molecule has 0 unspecified atom stereocenters. The van der Waals surface area contributed by atoms with E-state index < -0.39 is 0 Å². The Labute approximate surface area is 120 Å². The summed E-state index contributed by atoms with van der Waals surface area (Å²) in [6, 6.07) is 3.80. The molecule has 104 valence electrons. The summed E-state index contributed by atoms with van der Waals surface area (Å²) in [5.41, 5.74) is 1.46. The normalized spacial score (nSPS) is 14.2. The Morgan fingerprint density at radius 1 is 1.40 bits per heavy atom. The van der Waals surface area contributed by atoms with E-state index in [1.165, 1.54) is 22.2 Å². The Morgan fingerprint density at radius 2 is 2.20 bits per heavy atom. The fourth-order valence-corrected chi connectivity index (χ4v) is 3.23. The summed E-state index contributed by atoms with van der Waals surface area (Å²) in [5.74, 6) is 0.0243. The van der Waals surface area contributed by atoms with Crippen LogP contribution >= 0.6 is 11.3 Å². The molecule has 0 spiro atoms. The number of rotatable bonds is 1. The smallest absolute Gasteiger partial charge is 0.264 e. The molecule has 3 heterocycles. The molecule has 0 aromatic carbocycles. The van der Waals surface area contributed by atoms with Gasteiger partial charge in [-0.2, -0.15) is 0 Å². The second kappa shape index (κ2) is 4.86. The summed E-state index contributed by atoms with van der Waals surface area (Å²) in [6.07, 6.45) is 2.09. The first-order chi connectivity index (χ1) is 9.56. The van der Waals surface area contributed by atoms with Crippen molar-refractivity contribution in [2.45, 2.75) is 19.9 Å². The summed E-state index contributed by atoms with van der Waals surface area (Å²) in [7, 11) is 1.70. The molecule has 0 fully saturated rings. The average molecular weight is 289 g/mol. The van der Waals surface area contributed by atoms with E-state index in [1.54, 1.807) is 11.9 Å². The lowest BCUT2D eigenvalue weighted by Crippen LogP contribution is -2.39. The molecule has 5 nitrogen and oxygen atoms in total. The first kappa shape index (κ1) is 13.1. The van der Waals surface area contributed by atoms with Crippen LogP contribution in [0.2, 0.25) is 0 Å². The van der Waals surface area contributed by atoms with E-state index in [-0.39, 0.29) is 11.5 Å². The maximum Gasteiger partial charge on any atom is 0.264 e. The van der Waals surface area contributed by atoms with Crippen molar-refractivity contribution in [1.82, 2.24) is 14.5 Å². The molecule has 2 aromatic heterocycles. The number of carbonyl (C=O) groups excluding carboxylic acids is 1. The molecule has 0 saturated heterocycles. The molecule has 0 N–H and O–H groups in total. The average Bonchev–Trinajstić information content (AvgIpc) is 2.88. The van der Waals surface area contributed by atoms with Gasteiger partial charge >= 0.3 is 0 Å². The van der Waals surface area contributed by atoms with Crippen LogP contribution in [0, 0.1) is 6.92 Å². The van der Waals surface area contributed by atoms with Crippen LogP contribution in [0.3, 0.4) is 0 Å². The van der Waals surface area contributed by atoms with Crippen LogP contribution in [-0.4, -0.2) is 26.9 Å². The molecule has 1 aliphatic heterocycles. The van der Waals surface area contributed by atoms with Crippen LogP contribution in [0.25, 0.3) is 0 Å². The van der Waals surface area contributed by atoms with Crippen LogP contribution in [0.15, 0.2) is 23.3 Å². The summed E-state index contributed by atoms with van der Waals surface area (Å²) in [6.45, 7) is 2.98. The van der Waals surface area contributed by atoms with Crippen LogP contribution in [-0.2, 0) is 20.0 Å². The number of fused-ring (bicyclic) bond motifs is 1. The number of aromatic nitrogens is 2. The SMILES string of the molecule is Cc1ccc(C(=O)N2CCc3c(ncn(C)c3=O)C2)s1. The van der Waals surface area contributed by atoms with Crippen LogP contribution in [0.5, 0.6) is 0 Å². The zero-order valence-electron chi connectivity index (χ0n) is 11.4. The van der Waals surface area contributed by atoms with Crippen LogP contribution in [0.4, 0.5) is 0 Å². The van der Waals surface area contributed by atoms with Gasteiger partial charge in [0.1, 0.15) is 0 Å². The highest BCUT2D eigenvalue weighted by Gasteiger charge is 2.25. The van der Waals surface area contributed by atoms with Crippen molar-refractivity contribution in [2.24, 2.45) is 7.05 Å². The quantitative estimate of drug-likeness (QED) is 0.796. The number of carbonyl (C=O) groups is 1. The molecule has 6 heteroatoms. The molecule has 0 aliphatic carbocycles. The molecule has 1 amide bonds. The second-order valence-corrected chi connectivity index (χ2v) is 6.26. The maximum absolute atomic E-state index is 12.4. The van der Waals surface area contributed by atoms with Gasteiger partial charge in [0.25, 0.3) is 11.5 Å². The molecule has 0 atom stereocenters. The molecule has 0 saturated carbocycles. The van der Waals surface area contributed by atoms with E-state index in [1.807, 2.05) is 19.1 Å². The molecular weight excluding hydrogens is 274 g/mol. The van der Waals surface area contributed by atoms with Gasteiger partial charge < -0.3 is 9.47 Å². The van der Waals surface area contributed by atoms with Crippen molar-refractivity contribution in [2.75, 3.05) is 6.54 Å². The molecule has 20 heavy (non-hydrogen) atoms. The summed E-state index contributed by atoms with van der Waals surface area (Å²) >= 11 is 1.50. The van der Waals surface area contributed by atoms with Gasteiger partial charge in [0.05, 0.1) is 23.4 Å². The largest absolute Gasteiger partial charge is 0.332 e. The lowest BCUT2D eigenvalue weighted by Gasteiger charge is -2.27. The lowest BCUT2D eigenvalue weighted by atomic mass is 10.1. The molecule has 3 rings (SSSR count). The third-order valence-corrected chi connectivity index (χ3v) is 4.51. The highest BCUT2D eigenvalue weighted by molar-refractivity contribution is 7.13. The highest BCUT2D eigenvalue weighted by Crippen LogP contribution is 2.21. The molecular formula is C14H15N3O2S. The Balaban J connectivity index is 1.88. The number of nitrogens with zero attached hydrogens (tertiary/aromatic N) is 3. The Hall–Kier alpha value is -1.95. The van der Waals surface area contributed by atoms with Gasteiger partial charge in [0, 0.05) is 24.0 Å². The minimum Gasteiger partial charge on any atom is -0.332 e. The molecule has 0 radical (unpaired) electrons. The van der Waals surface area contributed by atoms with Crippen LogP contribution < -0.4 is 5.56 Å². The van der Waals surface area contributed by atoms with Gasteiger partial charge in [-0.1, -0.05) is 0 Å². The summed E-state index contributed by atoms with van der Waals surface area (Å²) in [5, 5.41) is 0. The topological polar surface area (TPSA) is 55.2 Å². The predicted octanol–water partition coefficient (Wildman–Crippen LogP) is 1.35. The van der Waals surface area contributed by atoms with Crippen molar-refractivity contribution in [1.29, 1.82) is 0 Å². The summed E-state index contributed by atoms with van der Waals surface area (Å²) in [4.78, 5) is 32.3. The van der Waals surface area contributed by atoms with E-state index in [9.17, 15) is 9.59 Å². The molecule has 2 aromatic rings. The predicted molar refractivity (Wildman–Crippen MR) is 77.0 cm³/mol. The third kappa shape index (κ3) is 2.16. The summed E-state index contributed by atoms with van der Waals surface area (Å²) < 4.78 is 1.49. The van der Waals surface area contributed by atoms with Gasteiger partial charge in [-0.15, -0.1) is 11.3 Å². The van der Waals surface area contributed by atoms with E-state index in [0.717, 1.165) is 21.0 Å². The number of thiophene rings is 1. The minimum absolute atomic E-state index is 0.00549. The molecule has 1 aliphatic rings. The fourth-order valence-electron chi connectivity index (χ4n) is 2.40. The van der Waals surface area contributed by atoms with E-state index in [0.29, 0.717) is 19.5 Å². The Kier molecular flexibility index (Phi) is 3.17. The Morgan fingerprint density at radius 3 is 2.90 bits per heavy atom. The Bertz CT molecular complexity index is 732. The van der Waals surface area contributed by atoms with Crippen molar-refractivity contribution in [3.63, 3.8) is 0 Å². The van der Waals surface area contributed by atoms with Crippen molar-refractivity contribution in [3.8, 4) is 0 Å².